The van der Waals surface area contributed by atoms with Crippen molar-refractivity contribution in [3.63, 3.8) is 0 Å². The van der Waals surface area contributed by atoms with Crippen LogP contribution in [0.4, 0.5) is 13.2 Å². The minimum atomic E-state index is -2.96. The van der Waals surface area contributed by atoms with E-state index in [9.17, 15) is 18.0 Å². The fraction of sp³-hybridized carbons (Fsp3) is 0.125. The summed E-state index contributed by atoms with van der Waals surface area (Å²) in [7, 11) is 0. The van der Waals surface area contributed by atoms with Crippen molar-refractivity contribution in [3.05, 3.63) is 63.8 Å². The van der Waals surface area contributed by atoms with E-state index in [-0.39, 0.29) is 28.0 Å². The molecule has 0 aliphatic heterocycles. The van der Waals surface area contributed by atoms with Crippen LogP contribution in [0.5, 0.6) is 5.75 Å². The lowest BCUT2D eigenvalue weighted by Crippen LogP contribution is -2.06. The second-order valence-corrected chi connectivity index (χ2v) is 5.78. The SMILES string of the molecule is O=Cc1nc2cc(F)c(Br)cn2c1Cc1ccccc1OC(F)F. The van der Waals surface area contributed by atoms with Gasteiger partial charge in [-0.1, -0.05) is 18.2 Å². The summed E-state index contributed by atoms with van der Waals surface area (Å²) in [6.45, 7) is -2.96. The Kier molecular flexibility index (Phi) is 4.57. The zero-order chi connectivity index (χ0) is 17.3. The molecule has 3 aromatic rings. The number of carbonyl (C=O) groups is 1. The number of aldehydes is 1. The summed E-state index contributed by atoms with van der Waals surface area (Å²) in [5, 5.41) is 0. The Balaban J connectivity index is 2.10. The number of benzene rings is 1. The fourth-order valence-electron chi connectivity index (χ4n) is 2.42. The van der Waals surface area contributed by atoms with Gasteiger partial charge in [-0.3, -0.25) is 4.79 Å². The molecule has 0 aliphatic carbocycles. The number of ether oxygens (including phenoxy) is 1. The lowest BCUT2D eigenvalue weighted by Gasteiger charge is -2.11. The van der Waals surface area contributed by atoms with Gasteiger partial charge in [0.15, 0.2) is 6.29 Å². The van der Waals surface area contributed by atoms with Crippen LogP contribution in [0.25, 0.3) is 5.65 Å². The molecule has 8 heteroatoms. The fourth-order valence-corrected chi connectivity index (χ4v) is 2.74. The van der Waals surface area contributed by atoms with Gasteiger partial charge in [0.2, 0.25) is 0 Å². The number of aromatic nitrogens is 2. The summed E-state index contributed by atoms with van der Waals surface area (Å²) in [5.74, 6) is -0.501. The van der Waals surface area contributed by atoms with Crippen molar-refractivity contribution in [2.75, 3.05) is 0 Å². The van der Waals surface area contributed by atoms with E-state index in [1.165, 1.54) is 22.7 Å². The second-order valence-electron chi connectivity index (χ2n) is 4.92. The number of imidazole rings is 1. The number of para-hydroxylation sites is 1. The van der Waals surface area contributed by atoms with Gasteiger partial charge in [0, 0.05) is 24.2 Å². The summed E-state index contributed by atoms with van der Waals surface area (Å²) in [4.78, 5) is 15.4. The van der Waals surface area contributed by atoms with Gasteiger partial charge in [-0.25, -0.2) is 9.37 Å². The minimum absolute atomic E-state index is 0.0143. The molecule has 0 radical (unpaired) electrons. The summed E-state index contributed by atoms with van der Waals surface area (Å²) < 4.78 is 44.9. The van der Waals surface area contributed by atoms with E-state index in [1.54, 1.807) is 18.2 Å². The first-order valence-corrected chi connectivity index (χ1v) is 7.62. The largest absolute Gasteiger partial charge is 0.435 e. The van der Waals surface area contributed by atoms with Crippen molar-refractivity contribution in [3.8, 4) is 5.75 Å². The highest BCUT2D eigenvalue weighted by molar-refractivity contribution is 9.10. The van der Waals surface area contributed by atoms with Gasteiger partial charge < -0.3 is 9.14 Å². The molecule has 24 heavy (non-hydrogen) atoms. The molecule has 124 valence electrons. The first kappa shape index (κ1) is 16.5. The second kappa shape index (κ2) is 6.64. The Morgan fingerprint density at radius 1 is 1.33 bits per heavy atom. The summed E-state index contributed by atoms with van der Waals surface area (Å²) in [6.07, 6.45) is 2.11. The number of pyridine rings is 1. The van der Waals surface area contributed by atoms with Crippen LogP contribution >= 0.6 is 15.9 Å². The molecule has 2 aromatic heterocycles. The lowest BCUT2D eigenvalue weighted by atomic mass is 10.1. The third-order valence-electron chi connectivity index (χ3n) is 3.45. The van der Waals surface area contributed by atoms with E-state index in [1.807, 2.05) is 0 Å². The third kappa shape index (κ3) is 3.14. The van der Waals surface area contributed by atoms with Crippen molar-refractivity contribution in [1.29, 1.82) is 0 Å². The number of nitrogens with zero attached hydrogens (tertiary/aromatic N) is 2. The summed E-state index contributed by atoms with van der Waals surface area (Å²) >= 11 is 3.08. The standard InChI is InChI=1S/C16H10BrF3N2O2/c17-10-7-22-13(12(8-23)21-15(22)6-11(10)18)5-9-3-1-2-4-14(9)24-16(19)20/h1-4,6-8,16H,5H2. The maximum Gasteiger partial charge on any atom is 0.387 e. The highest BCUT2D eigenvalue weighted by Crippen LogP contribution is 2.26. The number of alkyl halides is 2. The molecule has 0 unspecified atom stereocenters. The lowest BCUT2D eigenvalue weighted by molar-refractivity contribution is -0.0504. The van der Waals surface area contributed by atoms with Crippen molar-refractivity contribution in [1.82, 2.24) is 9.38 Å². The maximum absolute atomic E-state index is 13.6. The van der Waals surface area contributed by atoms with Crippen LogP contribution in [-0.4, -0.2) is 22.3 Å². The predicted molar refractivity (Wildman–Crippen MR) is 84.1 cm³/mol. The van der Waals surface area contributed by atoms with Gasteiger partial charge in [-0.2, -0.15) is 8.78 Å². The van der Waals surface area contributed by atoms with Crippen LogP contribution in [0.2, 0.25) is 0 Å². The molecule has 0 aliphatic rings. The average molecular weight is 399 g/mol. The molecule has 0 N–H and O–H groups in total. The Morgan fingerprint density at radius 3 is 2.79 bits per heavy atom. The molecular formula is C16H10BrF3N2O2. The Morgan fingerprint density at radius 2 is 2.08 bits per heavy atom. The maximum atomic E-state index is 13.6. The molecule has 3 rings (SSSR count). The predicted octanol–water partition coefficient (Wildman–Crippen LogP) is 4.24. The Hall–Kier alpha value is -2.35. The van der Waals surface area contributed by atoms with E-state index >= 15 is 0 Å². The highest BCUT2D eigenvalue weighted by atomic mass is 79.9. The molecule has 0 bridgehead atoms. The zero-order valence-corrected chi connectivity index (χ0v) is 13.6. The topological polar surface area (TPSA) is 43.6 Å². The average Bonchev–Trinajstić information content (AvgIpc) is 2.86. The van der Waals surface area contributed by atoms with Gasteiger partial charge in [-0.05, 0) is 22.0 Å². The number of hydrogen-bond donors (Lipinski definition) is 0. The van der Waals surface area contributed by atoms with E-state index < -0.39 is 12.4 Å². The van der Waals surface area contributed by atoms with E-state index in [0.29, 0.717) is 17.5 Å². The van der Waals surface area contributed by atoms with Crippen molar-refractivity contribution >= 4 is 27.9 Å². The van der Waals surface area contributed by atoms with Crippen LogP contribution in [-0.2, 0) is 6.42 Å². The normalized spacial score (nSPS) is 11.2. The molecule has 0 saturated heterocycles. The monoisotopic (exact) mass is 398 g/mol. The highest BCUT2D eigenvalue weighted by Gasteiger charge is 2.17. The van der Waals surface area contributed by atoms with Gasteiger partial charge in [0.1, 0.15) is 22.9 Å². The summed E-state index contributed by atoms with van der Waals surface area (Å²) in [6, 6.07) is 7.46. The van der Waals surface area contributed by atoms with Crippen molar-refractivity contribution < 1.29 is 22.7 Å². The van der Waals surface area contributed by atoms with E-state index in [2.05, 4.69) is 25.7 Å². The van der Waals surface area contributed by atoms with Crippen LogP contribution in [0, 0.1) is 5.82 Å². The molecule has 4 nitrogen and oxygen atoms in total. The Bertz CT molecular complexity index is 912. The number of hydrogen-bond acceptors (Lipinski definition) is 3. The van der Waals surface area contributed by atoms with E-state index in [0.717, 1.165) is 0 Å². The van der Waals surface area contributed by atoms with Gasteiger partial charge in [0.25, 0.3) is 0 Å². The molecular weight excluding hydrogens is 389 g/mol. The van der Waals surface area contributed by atoms with Gasteiger partial charge in [0.05, 0.1) is 10.2 Å². The zero-order valence-electron chi connectivity index (χ0n) is 12.0. The molecule has 0 saturated carbocycles. The molecule has 1 aromatic carbocycles. The molecule has 0 atom stereocenters. The number of fused-ring (bicyclic) bond motifs is 1. The van der Waals surface area contributed by atoms with Gasteiger partial charge >= 0.3 is 6.61 Å². The third-order valence-corrected chi connectivity index (χ3v) is 4.04. The molecule has 0 spiro atoms. The molecule has 0 fully saturated rings. The minimum Gasteiger partial charge on any atom is -0.435 e. The van der Waals surface area contributed by atoms with Crippen LogP contribution < -0.4 is 4.74 Å². The van der Waals surface area contributed by atoms with Crippen LogP contribution in [0.1, 0.15) is 21.7 Å². The number of rotatable bonds is 5. The Labute approximate surface area is 143 Å². The number of carbonyl (C=O) groups excluding carboxylic acids is 1. The smallest absolute Gasteiger partial charge is 0.387 e. The quantitative estimate of drug-likeness (QED) is 0.603. The first-order valence-electron chi connectivity index (χ1n) is 6.83. The molecule has 2 heterocycles. The number of halogens is 4. The molecule has 0 amide bonds. The van der Waals surface area contributed by atoms with Crippen LogP contribution in [0.3, 0.4) is 0 Å². The van der Waals surface area contributed by atoms with Crippen molar-refractivity contribution in [2.24, 2.45) is 0 Å². The van der Waals surface area contributed by atoms with Crippen molar-refractivity contribution in [2.45, 2.75) is 13.0 Å². The van der Waals surface area contributed by atoms with Crippen LogP contribution in [0.15, 0.2) is 41.0 Å². The summed E-state index contributed by atoms with van der Waals surface area (Å²) in [5.41, 5.74) is 1.27. The first-order chi connectivity index (χ1) is 11.5. The van der Waals surface area contributed by atoms with Gasteiger partial charge in [-0.15, -0.1) is 0 Å². The van der Waals surface area contributed by atoms with E-state index in [4.69, 9.17) is 0 Å².